The fourth-order valence-electron chi connectivity index (χ4n) is 2.66. The lowest BCUT2D eigenvalue weighted by Crippen LogP contribution is -2.46. The smallest absolute Gasteiger partial charge is 0.342 e. The van der Waals surface area contributed by atoms with Crippen molar-refractivity contribution in [3.8, 4) is 5.00 Å². The number of esters is 1. The first kappa shape index (κ1) is 20.3. The summed E-state index contributed by atoms with van der Waals surface area (Å²) in [5, 5.41) is 0.736. The van der Waals surface area contributed by atoms with Crippen LogP contribution in [0.25, 0.3) is 5.00 Å². The molecule has 0 saturated heterocycles. The summed E-state index contributed by atoms with van der Waals surface area (Å²) in [5.41, 5.74) is 6.23. The van der Waals surface area contributed by atoms with Crippen molar-refractivity contribution in [1.82, 2.24) is 15.4 Å². The number of hydrogen-bond acceptors (Lipinski definition) is 5. The van der Waals surface area contributed by atoms with Gasteiger partial charge in [-0.05, 0) is 50.6 Å². The molecule has 2 aromatic heterocycles. The van der Waals surface area contributed by atoms with E-state index in [0.29, 0.717) is 11.1 Å². The summed E-state index contributed by atoms with van der Waals surface area (Å²) in [5.74, 6) is -1.68. The number of benzene rings is 1. The van der Waals surface area contributed by atoms with Crippen LogP contribution < -0.4 is 10.9 Å². The van der Waals surface area contributed by atoms with Gasteiger partial charge in [-0.15, -0.1) is 11.3 Å². The van der Waals surface area contributed by atoms with Gasteiger partial charge < -0.3 is 9.30 Å². The molecular formula is C21H21N3O4S. The van der Waals surface area contributed by atoms with Gasteiger partial charge in [0.15, 0.2) is 6.10 Å². The number of carbonyl (C=O) groups excluding carboxylic acids is 3. The van der Waals surface area contributed by atoms with Gasteiger partial charge in [-0.25, -0.2) is 4.79 Å². The predicted octanol–water partition coefficient (Wildman–Crippen LogP) is 3.16. The molecule has 1 atom stereocenters. The van der Waals surface area contributed by atoms with Crippen molar-refractivity contribution in [3.63, 3.8) is 0 Å². The summed E-state index contributed by atoms with van der Waals surface area (Å²) in [6.45, 7) is 5.23. The maximum Gasteiger partial charge on any atom is 0.342 e. The Kier molecular flexibility index (Phi) is 6.13. The van der Waals surface area contributed by atoms with Gasteiger partial charge in [-0.3, -0.25) is 20.4 Å². The van der Waals surface area contributed by atoms with E-state index in [1.165, 1.54) is 18.3 Å². The van der Waals surface area contributed by atoms with Gasteiger partial charge in [0.05, 0.1) is 5.56 Å². The van der Waals surface area contributed by atoms with Crippen LogP contribution >= 0.6 is 11.3 Å². The highest BCUT2D eigenvalue weighted by Crippen LogP contribution is 2.31. The molecule has 7 nitrogen and oxygen atoms in total. The van der Waals surface area contributed by atoms with Crippen LogP contribution in [0.4, 0.5) is 0 Å². The van der Waals surface area contributed by atoms with Crippen molar-refractivity contribution < 1.29 is 19.1 Å². The zero-order chi connectivity index (χ0) is 21.0. The molecular weight excluding hydrogens is 390 g/mol. The van der Waals surface area contributed by atoms with Gasteiger partial charge in [-0.1, -0.05) is 18.2 Å². The average Bonchev–Trinajstić information content (AvgIpc) is 3.35. The Bertz CT molecular complexity index is 1030. The van der Waals surface area contributed by atoms with Gasteiger partial charge in [0.25, 0.3) is 11.8 Å². The normalized spacial score (nSPS) is 11.6. The number of nitrogens with zero attached hydrogens (tertiary/aromatic N) is 1. The molecule has 0 spiro atoms. The van der Waals surface area contributed by atoms with Crippen molar-refractivity contribution in [3.05, 3.63) is 76.4 Å². The van der Waals surface area contributed by atoms with Crippen LogP contribution in [0.5, 0.6) is 0 Å². The van der Waals surface area contributed by atoms with Crippen molar-refractivity contribution in [2.75, 3.05) is 0 Å². The van der Waals surface area contributed by atoms with Crippen LogP contribution in [0.1, 0.15) is 38.1 Å². The highest BCUT2D eigenvalue weighted by molar-refractivity contribution is 7.15. The predicted molar refractivity (Wildman–Crippen MR) is 110 cm³/mol. The summed E-state index contributed by atoms with van der Waals surface area (Å²) in [7, 11) is 0. The minimum atomic E-state index is -1.09. The van der Waals surface area contributed by atoms with Crippen LogP contribution in [0.3, 0.4) is 0 Å². The first-order valence-electron chi connectivity index (χ1n) is 8.98. The Balaban J connectivity index is 1.65. The number of aryl methyl sites for hydroxylation is 1. The SMILES string of the molecule is Cc1sc(-n2cccc2)c(C(=O)O[C@@H](C)C(=O)NNC(=O)c2ccccc2)c1C. The number of ether oxygens (including phenoxy) is 1. The first-order chi connectivity index (χ1) is 13.9. The van der Waals surface area contributed by atoms with E-state index < -0.39 is 23.9 Å². The third kappa shape index (κ3) is 4.55. The van der Waals surface area contributed by atoms with Gasteiger partial charge >= 0.3 is 5.97 Å². The third-order valence-corrected chi connectivity index (χ3v) is 5.62. The summed E-state index contributed by atoms with van der Waals surface area (Å²) in [4.78, 5) is 38.0. The summed E-state index contributed by atoms with van der Waals surface area (Å²) in [6.07, 6.45) is 2.60. The molecule has 0 fully saturated rings. The Morgan fingerprint density at radius 2 is 1.66 bits per heavy atom. The van der Waals surface area contributed by atoms with E-state index in [9.17, 15) is 14.4 Å². The maximum absolute atomic E-state index is 12.8. The zero-order valence-corrected chi connectivity index (χ0v) is 17.1. The lowest BCUT2D eigenvalue weighted by molar-refractivity contribution is -0.129. The molecule has 2 heterocycles. The molecule has 2 amide bonds. The number of aromatic nitrogens is 1. The molecule has 1 aromatic carbocycles. The maximum atomic E-state index is 12.8. The molecule has 0 bridgehead atoms. The molecule has 2 N–H and O–H groups in total. The van der Waals surface area contributed by atoms with Crippen molar-refractivity contribution in [2.24, 2.45) is 0 Å². The first-order valence-corrected chi connectivity index (χ1v) is 9.79. The topological polar surface area (TPSA) is 89.4 Å². The molecule has 3 aromatic rings. The van der Waals surface area contributed by atoms with E-state index >= 15 is 0 Å². The van der Waals surface area contributed by atoms with Crippen LogP contribution in [-0.2, 0) is 9.53 Å². The van der Waals surface area contributed by atoms with E-state index in [2.05, 4.69) is 10.9 Å². The minimum Gasteiger partial charge on any atom is -0.449 e. The number of hydrazine groups is 1. The Morgan fingerprint density at radius 3 is 2.31 bits per heavy atom. The molecule has 0 aliphatic heterocycles. The van der Waals surface area contributed by atoms with Gasteiger partial charge in [0.1, 0.15) is 5.00 Å². The number of rotatable bonds is 5. The molecule has 0 radical (unpaired) electrons. The Morgan fingerprint density at radius 1 is 1.00 bits per heavy atom. The summed E-state index contributed by atoms with van der Waals surface area (Å²) >= 11 is 1.48. The van der Waals surface area contributed by atoms with E-state index in [-0.39, 0.29) is 0 Å². The quantitative estimate of drug-likeness (QED) is 0.499. The highest BCUT2D eigenvalue weighted by atomic mass is 32.1. The van der Waals surface area contributed by atoms with Crippen LogP contribution in [0.15, 0.2) is 54.9 Å². The Hall–Kier alpha value is -3.39. The number of nitrogens with one attached hydrogen (secondary N) is 2. The Labute approximate surface area is 172 Å². The zero-order valence-electron chi connectivity index (χ0n) is 16.3. The summed E-state index contributed by atoms with van der Waals surface area (Å²) in [6, 6.07) is 12.2. The minimum absolute atomic E-state index is 0.401. The molecule has 0 aliphatic carbocycles. The van der Waals surface area contributed by atoms with Crippen LogP contribution in [-0.4, -0.2) is 28.5 Å². The van der Waals surface area contributed by atoms with Crippen molar-refractivity contribution in [1.29, 1.82) is 0 Å². The number of thiophene rings is 1. The second kappa shape index (κ2) is 8.74. The van der Waals surface area contributed by atoms with Crippen LogP contribution in [0, 0.1) is 13.8 Å². The van der Waals surface area contributed by atoms with Crippen molar-refractivity contribution >= 4 is 29.1 Å². The monoisotopic (exact) mass is 411 g/mol. The standard InChI is InChI=1S/C21H21N3O4S/c1-13-15(3)29-20(24-11-7-8-12-24)17(13)21(27)28-14(2)18(25)22-23-19(26)16-9-5-4-6-10-16/h4-12,14H,1-3H3,(H,22,25)(H,23,26)/t14-/m0/s1. The van der Waals surface area contributed by atoms with E-state index in [1.54, 1.807) is 30.3 Å². The van der Waals surface area contributed by atoms with E-state index in [4.69, 9.17) is 4.74 Å². The van der Waals surface area contributed by atoms with E-state index in [0.717, 1.165) is 15.4 Å². The molecule has 0 saturated carbocycles. The lowest BCUT2D eigenvalue weighted by atomic mass is 10.1. The van der Waals surface area contributed by atoms with Gasteiger partial charge in [-0.2, -0.15) is 0 Å². The number of carbonyl (C=O) groups is 3. The number of hydrogen-bond donors (Lipinski definition) is 2. The molecule has 0 unspecified atom stereocenters. The van der Waals surface area contributed by atoms with Crippen molar-refractivity contribution in [2.45, 2.75) is 26.9 Å². The fourth-order valence-corrected chi connectivity index (χ4v) is 3.77. The number of amides is 2. The second-order valence-corrected chi connectivity index (χ2v) is 7.61. The highest BCUT2D eigenvalue weighted by Gasteiger charge is 2.26. The molecule has 29 heavy (non-hydrogen) atoms. The van der Waals surface area contributed by atoms with Crippen LogP contribution in [0.2, 0.25) is 0 Å². The van der Waals surface area contributed by atoms with Gasteiger partial charge in [0.2, 0.25) is 0 Å². The van der Waals surface area contributed by atoms with E-state index in [1.807, 2.05) is 42.9 Å². The molecule has 3 rings (SSSR count). The molecule has 150 valence electrons. The lowest BCUT2D eigenvalue weighted by Gasteiger charge is -2.15. The van der Waals surface area contributed by atoms with Gasteiger partial charge in [0, 0.05) is 22.8 Å². The largest absolute Gasteiger partial charge is 0.449 e. The second-order valence-electron chi connectivity index (χ2n) is 6.41. The fraction of sp³-hybridized carbons (Fsp3) is 0.190. The molecule has 8 heteroatoms. The third-order valence-electron chi connectivity index (χ3n) is 4.40. The molecule has 0 aliphatic rings. The summed E-state index contributed by atoms with van der Waals surface area (Å²) < 4.78 is 7.20. The average molecular weight is 411 g/mol.